The molecule has 7 heteroatoms. The van der Waals surface area contributed by atoms with Crippen molar-refractivity contribution in [3.05, 3.63) is 28.5 Å². The fraction of sp³-hybridized carbons (Fsp3) is 0.400. The van der Waals surface area contributed by atoms with Crippen LogP contribution in [0.1, 0.15) is 13.3 Å². The van der Waals surface area contributed by atoms with Crippen LogP contribution in [0, 0.1) is 5.82 Å². The Kier molecular flexibility index (Phi) is 5.56. The molecule has 0 heterocycles. The van der Waals surface area contributed by atoms with Crippen molar-refractivity contribution in [1.82, 2.24) is 4.72 Å². The van der Waals surface area contributed by atoms with Crippen LogP contribution in [0.4, 0.5) is 4.39 Å². The monoisotopic (exact) mass is 387 g/mol. The van der Waals surface area contributed by atoms with Crippen molar-refractivity contribution < 1.29 is 12.8 Å². The summed E-state index contributed by atoms with van der Waals surface area (Å²) in [4.78, 5) is -0.331. The highest BCUT2D eigenvalue weighted by Gasteiger charge is 2.21. The first-order valence-corrected chi connectivity index (χ1v) is 8.30. The Labute approximate surface area is 117 Å². The molecule has 0 spiro atoms. The lowest BCUT2D eigenvalue weighted by molar-refractivity contribution is 0.540. The average molecular weight is 389 g/mol. The van der Waals surface area contributed by atoms with Crippen LogP contribution in [0.15, 0.2) is 27.6 Å². The Morgan fingerprint density at radius 3 is 2.65 bits per heavy atom. The summed E-state index contributed by atoms with van der Waals surface area (Å²) < 4.78 is 40.2. The van der Waals surface area contributed by atoms with Gasteiger partial charge in [0, 0.05) is 15.8 Å². The summed E-state index contributed by atoms with van der Waals surface area (Å²) in [6, 6.07) is 3.61. The summed E-state index contributed by atoms with van der Waals surface area (Å²) in [5, 5.41) is 0.680. The molecule has 0 aliphatic heterocycles. The Balaban J connectivity index is 2.97. The molecule has 1 unspecified atom stereocenters. The first-order chi connectivity index (χ1) is 7.86. The second-order valence-corrected chi connectivity index (χ2v) is 6.97. The van der Waals surface area contributed by atoms with E-state index in [1.54, 1.807) is 6.92 Å². The third kappa shape index (κ3) is 4.31. The Morgan fingerprint density at radius 2 is 2.12 bits per heavy atom. The van der Waals surface area contributed by atoms with Crippen LogP contribution in [-0.4, -0.2) is 19.8 Å². The molecule has 1 N–H and O–H groups in total. The van der Waals surface area contributed by atoms with E-state index in [9.17, 15) is 12.8 Å². The molecule has 0 aliphatic carbocycles. The zero-order chi connectivity index (χ0) is 13.1. The molecule has 1 atom stereocenters. The number of halogens is 3. The highest BCUT2D eigenvalue weighted by Crippen LogP contribution is 2.19. The van der Waals surface area contributed by atoms with Crippen molar-refractivity contribution in [2.24, 2.45) is 0 Å². The smallest absolute Gasteiger partial charge is 0.208 e. The largest absolute Gasteiger partial charge is 0.243 e. The zero-order valence-electron chi connectivity index (χ0n) is 9.08. The molecule has 0 saturated carbocycles. The summed E-state index contributed by atoms with van der Waals surface area (Å²) in [6.45, 7) is 1.73. The lowest BCUT2D eigenvalue weighted by atomic mass is 10.3. The lowest BCUT2D eigenvalue weighted by Gasteiger charge is -2.13. The fourth-order valence-electron chi connectivity index (χ4n) is 1.24. The number of hydrogen-bond acceptors (Lipinski definition) is 2. The summed E-state index contributed by atoms with van der Waals surface area (Å²) in [6.07, 6.45) is 0.636. The molecule has 1 aromatic carbocycles. The molecule has 0 amide bonds. The number of sulfonamides is 1. The summed E-state index contributed by atoms with van der Waals surface area (Å²) in [5.74, 6) is -0.766. The van der Waals surface area contributed by atoms with E-state index in [2.05, 4.69) is 36.6 Å². The van der Waals surface area contributed by atoms with Gasteiger partial charge in [0.2, 0.25) is 10.0 Å². The van der Waals surface area contributed by atoms with Crippen molar-refractivity contribution in [3.63, 3.8) is 0 Å². The number of rotatable bonds is 5. The van der Waals surface area contributed by atoms with Gasteiger partial charge in [-0.25, -0.2) is 17.5 Å². The normalized spacial score (nSPS) is 13.6. The molecule has 3 nitrogen and oxygen atoms in total. The minimum atomic E-state index is -3.80. The molecule has 0 aromatic heterocycles. The minimum absolute atomic E-state index is 0.248. The fourth-order valence-corrected chi connectivity index (χ4v) is 3.60. The molecule has 17 heavy (non-hydrogen) atoms. The molecule has 0 fully saturated rings. The number of hydrogen-bond donors (Lipinski definition) is 1. The van der Waals surface area contributed by atoms with E-state index in [1.165, 1.54) is 12.1 Å². The van der Waals surface area contributed by atoms with Crippen LogP contribution in [0.25, 0.3) is 0 Å². The third-order valence-electron chi connectivity index (χ3n) is 2.08. The number of alkyl halides is 1. The molecule has 0 saturated heterocycles. The molecule has 0 radical (unpaired) electrons. The Morgan fingerprint density at radius 1 is 1.47 bits per heavy atom. The summed E-state index contributed by atoms with van der Waals surface area (Å²) >= 11 is 6.30. The predicted molar refractivity (Wildman–Crippen MR) is 72.3 cm³/mol. The topological polar surface area (TPSA) is 46.2 Å². The van der Waals surface area contributed by atoms with Gasteiger partial charge in [0.25, 0.3) is 0 Å². The van der Waals surface area contributed by atoms with Crippen LogP contribution >= 0.6 is 31.9 Å². The van der Waals surface area contributed by atoms with Gasteiger partial charge < -0.3 is 0 Å². The van der Waals surface area contributed by atoms with Gasteiger partial charge in [-0.1, -0.05) is 31.9 Å². The maximum atomic E-state index is 13.5. The predicted octanol–water partition coefficient (Wildman–Crippen LogP) is 3.04. The van der Waals surface area contributed by atoms with Gasteiger partial charge in [-0.2, -0.15) is 0 Å². The van der Waals surface area contributed by atoms with Crippen molar-refractivity contribution >= 4 is 41.9 Å². The van der Waals surface area contributed by atoms with Gasteiger partial charge in [-0.15, -0.1) is 0 Å². The van der Waals surface area contributed by atoms with Crippen molar-refractivity contribution in [1.29, 1.82) is 0 Å². The van der Waals surface area contributed by atoms with Crippen LogP contribution in [0.5, 0.6) is 0 Å². The third-order valence-corrected chi connectivity index (χ3v) is 4.66. The Hall–Kier alpha value is 0.0200. The first kappa shape index (κ1) is 15.1. The van der Waals surface area contributed by atoms with E-state index >= 15 is 0 Å². The molecular formula is C10H12Br2FNO2S. The number of benzene rings is 1. The molecule has 1 aromatic rings. The van der Waals surface area contributed by atoms with Crippen molar-refractivity contribution in [3.8, 4) is 0 Å². The quantitative estimate of drug-likeness (QED) is 0.788. The maximum Gasteiger partial charge on any atom is 0.243 e. The maximum absolute atomic E-state index is 13.5. The minimum Gasteiger partial charge on any atom is -0.208 e. The Bertz CT molecular complexity index is 493. The molecule has 0 aliphatic rings. The van der Waals surface area contributed by atoms with E-state index < -0.39 is 15.8 Å². The summed E-state index contributed by atoms with van der Waals surface area (Å²) in [7, 11) is -3.80. The van der Waals surface area contributed by atoms with Gasteiger partial charge in [0.05, 0.1) is 0 Å². The van der Waals surface area contributed by atoms with E-state index in [4.69, 9.17) is 0 Å². The molecule has 1 rings (SSSR count). The standard InChI is InChI=1S/C10H12Br2FNO2S/c1-7(4-5-11)14-17(15,16)10-3-2-8(12)6-9(10)13/h2-3,6-7,14H,4-5H2,1H3. The molecule has 0 bridgehead atoms. The van der Waals surface area contributed by atoms with E-state index in [1.807, 2.05) is 0 Å². The van der Waals surface area contributed by atoms with E-state index in [-0.39, 0.29) is 10.9 Å². The van der Waals surface area contributed by atoms with Crippen molar-refractivity contribution in [2.45, 2.75) is 24.3 Å². The van der Waals surface area contributed by atoms with E-state index in [0.717, 1.165) is 6.07 Å². The second-order valence-electron chi connectivity index (χ2n) is 3.57. The number of nitrogens with one attached hydrogen (secondary N) is 1. The first-order valence-electron chi connectivity index (χ1n) is 4.90. The average Bonchev–Trinajstić information content (AvgIpc) is 2.15. The van der Waals surface area contributed by atoms with Crippen LogP contribution in [0.3, 0.4) is 0 Å². The highest BCUT2D eigenvalue weighted by atomic mass is 79.9. The second kappa shape index (κ2) is 6.26. The molecular weight excluding hydrogens is 377 g/mol. The lowest BCUT2D eigenvalue weighted by Crippen LogP contribution is -2.33. The zero-order valence-corrected chi connectivity index (χ0v) is 13.1. The van der Waals surface area contributed by atoms with Gasteiger partial charge in [0.1, 0.15) is 10.7 Å². The van der Waals surface area contributed by atoms with Gasteiger partial charge in [-0.3, -0.25) is 0 Å². The van der Waals surface area contributed by atoms with Crippen LogP contribution < -0.4 is 4.72 Å². The van der Waals surface area contributed by atoms with Crippen molar-refractivity contribution in [2.75, 3.05) is 5.33 Å². The SMILES string of the molecule is CC(CCBr)NS(=O)(=O)c1ccc(Br)cc1F. The molecule has 96 valence electrons. The van der Waals surface area contributed by atoms with E-state index in [0.29, 0.717) is 16.2 Å². The highest BCUT2D eigenvalue weighted by molar-refractivity contribution is 9.10. The summed E-state index contributed by atoms with van der Waals surface area (Å²) in [5.41, 5.74) is 0. The van der Waals surface area contributed by atoms with Gasteiger partial charge in [0.15, 0.2) is 0 Å². The van der Waals surface area contributed by atoms with Crippen LogP contribution in [0.2, 0.25) is 0 Å². The van der Waals surface area contributed by atoms with Gasteiger partial charge >= 0.3 is 0 Å². The van der Waals surface area contributed by atoms with Gasteiger partial charge in [-0.05, 0) is 31.5 Å². The van der Waals surface area contributed by atoms with Crippen LogP contribution in [-0.2, 0) is 10.0 Å².